The molecule has 0 rings (SSSR count). The van der Waals surface area contributed by atoms with Crippen molar-refractivity contribution in [3.8, 4) is 0 Å². The molecule has 0 bridgehead atoms. The Morgan fingerprint density at radius 2 is 2.20 bits per heavy atom. The van der Waals surface area contributed by atoms with Gasteiger partial charge in [-0.15, -0.1) is 0 Å². The zero-order valence-corrected chi connectivity index (χ0v) is 6.18. The summed E-state index contributed by atoms with van der Waals surface area (Å²) in [4.78, 5) is 10.7. The molecular formula is C7H11NO2. The number of hydrogen-bond acceptors (Lipinski definition) is 3. The molecule has 0 aromatic rings. The van der Waals surface area contributed by atoms with E-state index in [0.717, 1.165) is 0 Å². The normalized spacial score (nSPS) is 11.8. The van der Waals surface area contributed by atoms with Gasteiger partial charge < -0.3 is 10.5 Å². The summed E-state index contributed by atoms with van der Waals surface area (Å²) in [7, 11) is 1.31. The van der Waals surface area contributed by atoms with Gasteiger partial charge in [0, 0.05) is 5.70 Å². The number of nitrogens with two attached hydrogens (primary N) is 1. The second-order valence-electron chi connectivity index (χ2n) is 1.78. The second kappa shape index (κ2) is 3.71. The maximum absolute atomic E-state index is 10.7. The molecule has 0 fully saturated rings. The minimum atomic E-state index is -0.419. The van der Waals surface area contributed by atoms with Gasteiger partial charge in [-0.25, -0.2) is 4.79 Å². The first-order valence-corrected chi connectivity index (χ1v) is 2.80. The topological polar surface area (TPSA) is 52.3 Å². The Morgan fingerprint density at radius 1 is 1.70 bits per heavy atom. The van der Waals surface area contributed by atoms with Crippen molar-refractivity contribution >= 4 is 5.97 Å². The van der Waals surface area contributed by atoms with Crippen LogP contribution < -0.4 is 5.73 Å². The molecule has 0 heterocycles. The van der Waals surface area contributed by atoms with Crippen LogP contribution in [0.15, 0.2) is 23.9 Å². The molecule has 0 spiro atoms. The molecule has 0 unspecified atom stereocenters. The van der Waals surface area contributed by atoms with Gasteiger partial charge in [0.2, 0.25) is 0 Å². The molecule has 0 aliphatic rings. The number of rotatable bonds is 2. The summed E-state index contributed by atoms with van der Waals surface area (Å²) in [6, 6.07) is 0. The molecule has 0 atom stereocenters. The predicted molar refractivity (Wildman–Crippen MR) is 39.1 cm³/mol. The van der Waals surface area contributed by atoms with Crippen LogP contribution in [0.3, 0.4) is 0 Å². The van der Waals surface area contributed by atoms with Gasteiger partial charge in [0.25, 0.3) is 0 Å². The summed E-state index contributed by atoms with van der Waals surface area (Å²) in [5.41, 5.74) is 6.09. The van der Waals surface area contributed by atoms with Crippen molar-refractivity contribution in [2.24, 2.45) is 5.73 Å². The Balaban J connectivity index is 4.45. The lowest BCUT2D eigenvalue weighted by molar-refractivity contribution is -0.136. The van der Waals surface area contributed by atoms with Gasteiger partial charge in [-0.05, 0) is 13.0 Å². The standard InChI is InChI=1S/C7H11NO2/c1-4-6(8)5(2)7(9)10-3/h4H,1,8H2,2-3H3. The summed E-state index contributed by atoms with van der Waals surface area (Å²) in [6.45, 7) is 4.99. The molecule has 0 saturated carbocycles. The molecule has 3 heteroatoms. The van der Waals surface area contributed by atoms with Crippen LogP contribution in [0.2, 0.25) is 0 Å². The van der Waals surface area contributed by atoms with Crippen molar-refractivity contribution in [2.75, 3.05) is 7.11 Å². The van der Waals surface area contributed by atoms with Gasteiger partial charge in [-0.2, -0.15) is 0 Å². The van der Waals surface area contributed by atoms with Gasteiger partial charge in [-0.1, -0.05) is 6.58 Å². The smallest absolute Gasteiger partial charge is 0.335 e. The Labute approximate surface area is 60.2 Å². The average molecular weight is 141 g/mol. The second-order valence-corrected chi connectivity index (χ2v) is 1.78. The van der Waals surface area contributed by atoms with Crippen LogP contribution in [0.1, 0.15) is 6.92 Å². The number of carbonyl (C=O) groups excluding carboxylic acids is 1. The summed E-state index contributed by atoms with van der Waals surface area (Å²) in [6.07, 6.45) is 1.41. The summed E-state index contributed by atoms with van der Waals surface area (Å²) in [5.74, 6) is -0.419. The quantitative estimate of drug-likeness (QED) is 0.347. The highest BCUT2D eigenvalue weighted by Crippen LogP contribution is 1.99. The van der Waals surface area contributed by atoms with E-state index in [0.29, 0.717) is 11.3 Å². The molecule has 3 nitrogen and oxygen atoms in total. The van der Waals surface area contributed by atoms with Gasteiger partial charge in [0.05, 0.1) is 12.7 Å². The molecule has 0 radical (unpaired) electrons. The first kappa shape index (κ1) is 8.75. The monoisotopic (exact) mass is 141 g/mol. The van der Waals surface area contributed by atoms with Crippen LogP contribution in [0.5, 0.6) is 0 Å². The zero-order valence-electron chi connectivity index (χ0n) is 6.18. The SMILES string of the molecule is C=CC(N)=C(C)C(=O)OC. The van der Waals surface area contributed by atoms with Gasteiger partial charge in [0.1, 0.15) is 0 Å². The van der Waals surface area contributed by atoms with E-state index in [-0.39, 0.29) is 0 Å². The highest BCUT2D eigenvalue weighted by atomic mass is 16.5. The minimum absolute atomic E-state index is 0.354. The molecule has 0 saturated heterocycles. The number of carbonyl (C=O) groups is 1. The lowest BCUT2D eigenvalue weighted by Gasteiger charge is -1.99. The lowest BCUT2D eigenvalue weighted by atomic mass is 10.2. The Morgan fingerprint density at radius 3 is 2.50 bits per heavy atom. The molecule has 0 amide bonds. The largest absolute Gasteiger partial charge is 0.466 e. The molecule has 56 valence electrons. The molecule has 0 aliphatic carbocycles. The van der Waals surface area contributed by atoms with Crippen molar-refractivity contribution in [1.82, 2.24) is 0 Å². The Hall–Kier alpha value is -1.25. The molecule has 0 aromatic heterocycles. The Bertz CT molecular complexity index is 182. The van der Waals surface area contributed by atoms with Crippen LogP contribution in [0, 0.1) is 0 Å². The van der Waals surface area contributed by atoms with Crippen molar-refractivity contribution < 1.29 is 9.53 Å². The summed E-state index contributed by atoms with van der Waals surface area (Å²) >= 11 is 0. The van der Waals surface area contributed by atoms with Crippen molar-refractivity contribution in [3.05, 3.63) is 23.9 Å². The predicted octanol–water partition coefficient (Wildman–Crippen LogP) is 0.578. The van der Waals surface area contributed by atoms with Crippen LogP contribution >= 0.6 is 0 Å². The number of ether oxygens (including phenoxy) is 1. The third kappa shape index (κ3) is 1.93. The summed E-state index contributed by atoms with van der Waals surface area (Å²) < 4.78 is 4.41. The summed E-state index contributed by atoms with van der Waals surface area (Å²) in [5, 5.41) is 0. The van der Waals surface area contributed by atoms with Gasteiger partial charge in [-0.3, -0.25) is 0 Å². The van der Waals surface area contributed by atoms with Gasteiger partial charge >= 0.3 is 5.97 Å². The number of methoxy groups -OCH3 is 1. The highest BCUT2D eigenvalue weighted by molar-refractivity contribution is 5.88. The molecule has 2 N–H and O–H groups in total. The van der Waals surface area contributed by atoms with E-state index >= 15 is 0 Å². The van der Waals surface area contributed by atoms with E-state index in [4.69, 9.17) is 5.73 Å². The van der Waals surface area contributed by atoms with Crippen LogP contribution in [0.25, 0.3) is 0 Å². The Kier molecular flexibility index (Phi) is 3.25. The zero-order chi connectivity index (χ0) is 8.15. The third-order valence-corrected chi connectivity index (χ3v) is 1.14. The third-order valence-electron chi connectivity index (χ3n) is 1.14. The number of hydrogen-bond donors (Lipinski definition) is 1. The van der Waals surface area contributed by atoms with E-state index in [1.807, 2.05) is 0 Å². The fourth-order valence-corrected chi connectivity index (χ4v) is 0.424. The van der Waals surface area contributed by atoms with Crippen molar-refractivity contribution in [2.45, 2.75) is 6.92 Å². The van der Waals surface area contributed by atoms with E-state index in [9.17, 15) is 4.79 Å². The number of esters is 1. The van der Waals surface area contributed by atoms with Crippen LogP contribution in [-0.2, 0) is 9.53 Å². The minimum Gasteiger partial charge on any atom is -0.466 e. The molecule has 10 heavy (non-hydrogen) atoms. The van der Waals surface area contributed by atoms with Crippen LogP contribution in [-0.4, -0.2) is 13.1 Å². The van der Waals surface area contributed by atoms with E-state index in [2.05, 4.69) is 11.3 Å². The molecule has 0 aliphatic heterocycles. The van der Waals surface area contributed by atoms with Crippen molar-refractivity contribution in [1.29, 1.82) is 0 Å². The molecule has 0 aromatic carbocycles. The fourth-order valence-electron chi connectivity index (χ4n) is 0.424. The first-order valence-electron chi connectivity index (χ1n) is 2.80. The average Bonchev–Trinajstić information content (AvgIpc) is 2.00. The van der Waals surface area contributed by atoms with Crippen LogP contribution in [0.4, 0.5) is 0 Å². The number of allylic oxidation sites excluding steroid dienone is 1. The van der Waals surface area contributed by atoms with Crippen molar-refractivity contribution in [3.63, 3.8) is 0 Å². The maximum atomic E-state index is 10.7. The fraction of sp³-hybridized carbons (Fsp3) is 0.286. The first-order chi connectivity index (χ1) is 4.63. The van der Waals surface area contributed by atoms with Gasteiger partial charge in [0.15, 0.2) is 0 Å². The highest BCUT2D eigenvalue weighted by Gasteiger charge is 2.04. The van der Waals surface area contributed by atoms with E-state index < -0.39 is 5.97 Å². The van der Waals surface area contributed by atoms with E-state index in [1.165, 1.54) is 13.2 Å². The maximum Gasteiger partial charge on any atom is 0.335 e. The molecular weight excluding hydrogens is 130 g/mol. The van der Waals surface area contributed by atoms with E-state index in [1.54, 1.807) is 6.92 Å². The lowest BCUT2D eigenvalue weighted by Crippen LogP contribution is -2.08.